The summed E-state index contributed by atoms with van der Waals surface area (Å²) in [6.07, 6.45) is 0.718. The van der Waals surface area contributed by atoms with E-state index in [0.29, 0.717) is 24.7 Å². The molecule has 0 bridgehead atoms. The smallest absolute Gasteiger partial charge is 0.239 e. The summed E-state index contributed by atoms with van der Waals surface area (Å²) in [7, 11) is 0. The second kappa shape index (κ2) is 7.65. The summed E-state index contributed by atoms with van der Waals surface area (Å²) >= 11 is 0. The second-order valence-electron chi connectivity index (χ2n) is 4.91. The summed E-state index contributed by atoms with van der Waals surface area (Å²) in [5.41, 5.74) is 6.11. The van der Waals surface area contributed by atoms with E-state index in [-0.39, 0.29) is 30.9 Å². The molecule has 7 nitrogen and oxygen atoms in total. The van der Waals surface area contributed by atoms with E-state index in [0.717, 1.165) is 12.0 Å². The number of carbonyl (C=O) groups is 2. The van der Waals surface area contributed by atoms with E-state index in [2.05, 4.69) is 10.6 Å². The maximum atomic E-state index is 11.9. The summed E-state index contributed by atoms with van der Waals surface area (Å²) in [5.74, 6) is 0.783. The Balaban J connectivity index is 1.99. The predicted octanol–water partition coefficient (Wildman–Crippen LogP) is 0.100. The number of fused-ring (bicyclic) bond motifs is 1. The molecule has 120 valence electrons. The van der Waals surface area contributed by atoms with Gasteiger partial charge in [-0.1, -0.05) is 13.0 Å². The van der Waals surface area contributed by atoms with Gasteiger partial charge >= 0.3 is 0 Å². The minimum absolute atomic E-state index is 0.0862. The maximum absolute atomic E-state index is 11.9. The van der Waals surface area contributed by atoms with Gasteiger partial charge in [-0.05, 0) is 24.1 Å². The lowest BCUT2D eigenvalue weighted by atomic mass is 10.0. The fraction of sp³-hybridized carbons (Fsp3) is 0.467. The normalized spacial score (nSPS) is 14.1. The van der Waals surface area contributed by atoms with Crippen LogP contribution >= 0.6 is 0 Å². The Bertz CT molecular complexity index is 548. The lowest BCUT2D eigenvalue weighted by Crippen LogP contribution is -2.40. The summed E-state index contributed by atoms with van der Waals surface area (Å²) < 4.78 is 11.0. The maximum Gasteiger partial charge on any atom is 0.239 e. The quantitative estimate of drug-likeness (QED) is 0.692. The first-order chi connectivity index (χ1) is 10.6. The number of benzene rings is 1. The van der Waals surface area contributed by atoms with Crippen molar-refractivity contribution in [1.82, 2.24) is 10.6 Å². The highest BCUT2D eigenvalue weighted by atomic mass is 16.6. The molecule has 0 saturated heterocycles. The Morgan fingerprint density at radius 1 is 1.23 bits per heavy atom. The van der Waals surface area contributed by atoms with Gasteiger partial charge in [-0.25, -0.2) is 0 Å². The zero-order chi connectivity index (χ0) is 15.9. The van der Waals surface area contributed by atoms with Crippen LogP contribution in [0.5, 0.6) is 11.5 Å². The van der Waals surface area contributed by atoms with Gasteiger partial charge in [0.1, 0.15) is 13.2 Å². The highest BCUT2D eigenvalue weighted by Crippen LogP contribution is 2.33. The van der Waals surface area contributed by atoms with E-state index in [1.165, 1.54) is 0 Å². The van der Waals surface area contributed by atoms with Crippen LogP contribution in [0.2, 0.25) is 0 Å². The van der Waals surface area contributed by atoms with Crippen molar-refractivity contribution in [2.45, 2.75) is 19.4 Å². The van der Waals surface area contributed by atoms with E-state index in [9.17, 15) is 9.59 Å². The topological polar surface area (TPSA) is 103 Å². The number of nitrogens with one attached hydrogen (secondary N) is 2. The molecule has 1 aliphatic heterocycles. The number of hydrogen-bond donors (Lipinski definition) is 3. The zero-order valence-corrected chi connectivity index (χ0v) is 12.6. The Morgan fingerprint density at radius 3 is 2.64 bits per heavy atom. The predicted molar refractivity (Wildman–Crippen MR) is 80.7 cm³/mol. The Labute approximate surface area is 129 Å². The van der Waals surface area contributed by atoms with Crippen LogP contribution in [-0.2, 0) is 9.59 Å². The number of ether oxygens (including phenoxy) is 2. The van der Waals surface area contributed by atoms with Gasteiger partial charge in [0.05, 0.1) is 19.1 Å². The number of amides is 2. The zero-order valence-electron chi connectivity index (χ0n) is 12.6. The lowest BCUT2D eigenvalue weighted by molar-refractivity contribution is -0.125. The molecule has 0 aromatic heterocycles. The fourth-order valence-electron chi connectivity index (χ4n) is 2.19. The van der Waals surface area contributed by atoms with Crippen molar-refractivity contribution in [2.75, 3.05) is 26.3 Å². The van der Waals surface area contributed by atoms with Gasteiger partial charge in [0.25, 0.3) is 0 Å². The molecule has 0 radical (unpaired) electrons. The summed E-state index contributed by atoms with van der Waals surface area (Å²) in [6.45, 7) is 2.82. The molecule has 0 fully saturated rings. The number of hydrogen-bond acceptors (Lipinski definition) is 5. The third-order valence-corrected chi connectivity index (χ3v) is 3.34. The molecule has 1 atom stereocenters. The standard InChI is InChI=1S/C15H21N3O4/c1-2-11(18-15(20)9-17-14(19)8-16)10-3-4-12-13(7-10)22-6-5-21-12/h3-4,7,11H,2,5-6,8-9,16H2,1H3,(H,17,19)(H,18,20). The average Bonchev–Trinajstić information content (AvgIpc) is 2.57. The minimum atomic E-state index is -0.359. The van der Waals surface area contributed by atoms with Crippen LogP contribution < -0.4 is 25.8 Å². The largest absolute Gasteiger partial charge is 0.486 e. The van der Waals surface area contributed by atoms with Crippen molar-refractivity contribution in [2.24, 2.45) is 5.73 Å². The monoisotopic (exact) mass is 307 g/mol. The van der Waals surface area contributed by atoms with E-state index >= 15 is 0 Å². The molecule has 1 aliphatic rings. The molecule has 1 aromatic rings. The fourth-order valence-corrected chi connectivity index (χ4v) is 2.19. The van der Waals surface area contributed by atoms with Crippen molar-refractivity contribution in [3.05, 3.63) is 23.8 Å². The lowest BCUT2D eigenvalue weighted by Gasteiger charge is -2.22. The van der Waals surface area contributed by atoms with Crippen molar-refractivity contribution in [1.29, 1.82) is 0 Å². The van der Waals surface area contributed by atoms with Crippen molar-refractivity contribution in [3.63, 3.8) is 0 Å². The number of rotatable bonds is 6. The molecule has 0 spiro atoms. The third-order valence-electron chi connectivity index (χ3n) is 3.34. The molecule has 1 heterocycles. The molecule has 0 saturated carbocycles. The van der Waals surface area contributed by atoms with Gasteiger partial charge in [0, 0.05) is 0 Å². The van der Waals surface area contributed by atoms with Gasteiger partial charge < -0.3 is 25.8 Å². The van der Waals surface area contributed by atoms with Crippen LogP contribution in [0.3, 0.4) is 0 Å². The van der Waals surface area contributed by atoms with Crippen molar-refractivity contribution < 1.29 is 19.1 Å². The van der Waals surface area contributed by atoms with Crippen LogP contribution in [-0.4, -0.2) is 38.1 Å². The highest BCUT2D eigenvalue weighted by molar-refractivity contribution is 5.85. The van der Waals surface area contributed by atoms with Crippen LogP contribution in [0.4, 0.5) is 0 Å². The molecule has 2 rings (SSSR count). The van der Waals surface area contributed by atoms with Crippen LogP contribution in [0.1, 0.15) is 24.9 Å². The van der Waals surface area contributed by atoms with Gasteiger partial charge in [0.15, 0.2) is 11.5 Å². The third kappa shape index (κ3) is 4.11. The Hall–Kier alpha value is -2.28. The molecule has 2 amide bonds. The van der Waals surface area contributed by atoms with E-state index in [1.54, 1.807) is 0 Å². The van der Waals surface area contributed by atoms with Crippen LogP contribution in [0.15, 0.2) is 18.2 Å². The molecule has 4 N–H and O–H groups in total. The minimum Gasteiger partial charge on any atom is -0.486 e. The molecule has 22 heavy (non-hydrogen) atoms. The first-order valence-corrected chi connectivity index (χ1v) is 7.29. The van der Waals surface area contributed by atoms with Crippen molar-refractivity contribution in [3.8, 4) is 11.5 Å². The molecule has 7 heteroatoms. The number of nitrogens with two attached hydrogens (primary N) is 1. The van der Waals surface area contributed by atoms with Gasteiger partial charge in [-0.2, -0.15) is 0 Å². The summed E-state index contributed by atoms with van der Waals surface area (Å²) in [5, 5.41) is 5.32. The van der Waals surface area contributed by atoms with Crippen molar-refractivity contribution >= 4 is 11.8 Å². The Morgan fingerprint density at radius 2 is 1.95 bits per heavy atom. The van der Waals surface area contributed by atoms with Gasteiger partial charge in [0.2, 0.25) is 11.8 Å². The van der Waals surface area contributed by atoms with E-state index in [4.69, 9.17) is 15.2 Å². The Kier molecular flexibility index (Phi) is 5.60. The average molecular weight is 307 g/mol. The first-order valence-electron chi connectivity index (χ1n) is 7.29. The first kappa shape index (κ1) is 16.1. The summed E-state index contributed by atoms with van der Waals surface area (Å²) in [4.78, 5) is 22.9. The van der Waals surface area contributed by atoms with Gasteiger partial charge in [-0.3, -0.25) is 9.59 Å². The molecular formula is C15H21N3O4. The SMILES string of the molecule is CCC(NC(=O)CNC(=O)CN)c1ccc2c(c1)OCCO2. The molecule has 1 aromatic carbocycles. The van der Waals surface area contributed by atoms with E-state index < -0.39 is 0 Å². The van der Waals surface area contributed by atoms with Crippen LogP contribution in [0, 0.1) is 0 Å². The molecule has 1 unspecified atom stereocenters. The van der Waals surface area contributed by atoms with E-state index in [1.807, 2.05) is 25.1 Å². The van der Waals surface area contributed by atoms with Gasteiger partial charge in [-0.15, -0.1) is 0 Å². The molecule has 0 aliphatic carbocycles. The number of carbonyl (C=O) groups excluding carboxylic acids is 2. The highest BCUT2D eigenvalue weighted by Gasteiger charge is 2.17. The second-order valence-corrected chi connectivity index (χ2v) is 4.91. The van der Waals surface area contributed by atoms with Crippen LogP contribution in [0.25, 0.3) is 0 Å². The molecular weight excluding hydrogens is 286 g/mol. The summed E-state index contributed by atoms with van der Waals surface area (Å²) in [6, 6.07) is 5.47.